The Labute approximate surface area is 156 Å². The van der Waals surface area contributed by atoms with Gasteiger partial charge in [0.25, 0.3) is 5.91 Å². The van der Waals surface area contributed by atoms with Gasteiger partial charge in [-0.1, -0.05) is 6.07 Å². The Morgan fingerprint density at radius 1 is 1.30 bits per heavy atom. The number of likely N-dealkylation sites (tertiary alicyclic amines) is 1. The lowest BCUT2D eigenvalue weighted by molar-refractivity contribution is -0.127. The summed E-state index contributed by atoms with van der Waals surface area (Å²) in [4.78, 5) is 30.9. The number of hydrogen-bond acceptors (Lipinski definition) is 5. The van der Waals surface area contributed by atoms with Gasteiger partial charge in [0.1, 0.15) is 17.6 Å². The smallest absolute Gasteiger partial charge is 0.275 e. The van der Waals surface area contributed by atoms with Crippen LogP contribution in [-0.2, 0) is 4.79 Å². The van der Waals surface area contributed by atoms with Crippen molar-refractivity contribution in [3.05, 3.63) is 48.4 Å². The van der Waals surface area contributed by atoms with E-state index in [1.54, 1.807) is 17.0 Å². The molecule has 0 bridgehead atoms. The van der Waals surface area contributed by atoms with Crippen LogP contribution < -0.4 is 10.6 Å². The predicted molar refractivity (Wildman–Crippen MR) is 97.7 cm³/mol. The molecule has 1 aliphatic heterocycles. The molecular weight excluding hydrogens is 351 g/mol. The van der Waals surface area contributed by atoms with E-state index in [1.165, 1.54) is 24.8 Å². The third kappa shape index (κ3) is 4.27. The minimum Gasteiger partial charge on any atom is -0.451 e. The van der Waals surface area contributed by atoms with E-state index in [4.69, 9.17) is 4.42 Å². The summed E-state index contributed by atoms with van der Waals surface area (Å²) in [5.41, 5.74) is -0.143. The molecule has 27 heavy (non-hydrogen) atoms. The fraction of sp³-hybridized carbons (Fsp3) is 0.421. The summed E-state index contributed by atoms with van der Waals surface area (Å²) in [6.07, 6.45) is 3.31. The zero-order chi connectivity index (χ0) is 19.4. The van der Waals surface area contributed by atoms with Crippen molar-refractivity contribution in [2.24, 2.45) is 0 Å². The number of piperidine rings is 1. The van der Waals surface area contributed by atoms with E-state index in [9.17, 15) is 14.0 Å². The molecule has 0 atom stereocenters. The SMILES string of the molecule is CC(C)NC(=O)C1(Nc2cccc(F)c2)CCN(C(=O)c2cocn2)CC1. The average molecular weight is 374 g/mol. The van der Waals surface area contributed by atoms with Crippen LogP contribution in [0.3, 0.4) is 0 Å². The van der Waals surface area contributed by atoms with E-state index in [0.29, 0.717) is 31.6 Å². The molecule has 0 spiro atoms. The van der Waals surface area contributed by atoms with Crippen molar-refractivity contribution in [3.8, 4) is 0 Å². The lowest BCUT2D eigenvalue weighted by atomic mass is 9.85. The Bertz CT molecular complexity index is 799. The molecule has 1 saturated heterocycles. The van der Waals surface area contributed by atoms with E-state index >= 15 is 0 Å². The van der Waals surface area contributed by atoms with Crippen LogP contribution in [0.1, 0.15) is 37.2 Å². The summed E-state index contributed by atoms with van der Waals surface area (Å²) in [6, 6.07) is 6.00. The van der Waals surface area contributed by atoms with Crippen molar-refractivity contribution >= 4 is 17.5 Å². The van der Waals surface area contributed by atoms with Crippen molar-refractivity contribution in [1.82, 2.24) is 15.2 Å². The second kappa shape index (κ2) is 7.77. The molecule has 0 aliphatic carbocycles. The van der Waals surface area contributed by atoms with Gasteiger partial charge in [-0.2, -0.15) is 0 Å². The molecule has 1 aromatic carbocycles. The number of hydrogen-bond donors (Lipinski definition) is 2. The maximum atomic E-state index is 13.6. The van der Waals surface area contributed by atoms with Gasteiger partial charge in [0.15, 0.2) is 12.1 Å². The molecule has 0 saturated carbocycles. The van der Waals surface area contributed by atoms with Crippen molar-refractivity contribution in [2.75, 3.05) is 18.4 Å². The molecule has 1 aliphatic rings. The largest absolute Gasteiger partial charge is 0.451 e. The fourth-order valence-corrected chi connectivity index (χ4v) is 3.22. The molecule has 2 amide bonds. The maximum absolute atomic E-state index is 13.6. The summed E-state index contributed by atoms with van der Waals surface area (Å²) >= 11 is 0. The number of nitrogens with one attached hydrogen (secondary N) is 2. The molecule has 3 rings (SSSR count). The Kier molecular flexibility index (Phi) is 5.43. The van der Waals surface area contributed by atoms with Gasteiger partial charge >= 0.3 is 0 Å². The molecule has 0 radical (unpaired) electrons. The first-order valence-corrected chi connectivity index (χ1v) is 8.92. The lowest BCUT2D eigenvalue weighted by Crippen LogP contribution is -2.60. The highest BCUT2D eigenvalue weighted by Gasteiger charge is 2.42. The van der Waals surface area contributed by atoms with Crippen LogP contribution in [0.5, 0.6) is 0 Å². The molecule has 2 heterocycles. The number of oxazole rings is 1. The van der Waals surface area contributed by atoms with Crippen molar-refractivity contribution in [2.45, 2.75) is 38.3 Å². The Hall–Kier alpha value is -2.90. The van der Waals surface area contributed by atoms with Crippen LogP contribution >= 0.6 is 0 Å². The van der Waals surface area contributed by atoms with E-state index in [2.05, 4.69) is 15.6 Å². The molecule has 8 heteroatoms. The van der Waals surface area contributed by atoms with Gasteiger partial charge in [-0.3, -0.25) is 9.59 Å². The first kappa shape index (κ1) is 18.9. The van der Waals surface area contributed by atoms with E-state index in [-0.39, 0.29) is 29.4 Å². The Morgan fingerprint density at radius 3 is 2.63 bits per heavy atom. The van der Waals surface area contributed by atoms with Crippen LogP contribution in [0.4, 0.5) is 10.1 Å². The number of carbonyl (C=O) groups is 2. The number of rotatable bonds is 5. The number of nitrogens with zero attached hydrogens (tertiary/aromatic N) is 2. The topological polar surface area (TPSA) is 87.5 Å². The minimum atomic E-state index is -0.918. The molecule has 1 fully saturated rings. The summed E-state index contributed by atoms with van der Waals surface area (Å²) in [5, 5.41) is 6.14. The fourth-order valence-electron chi connectivity index (χ4n) is 3.22. The van der Waals surface area contributed by atoms with E-state index < -0.39 is 5.54 Å². The van der Waals surface area contributed by atoms with Crippen LogP contribution in [0, 0.1) is 5.82 Å². The van der Waals surface area contributed by atoms with Gasteiger partial charge in [0.2, 0.25) is 5.91 Å². The average Bonchev–Trinajstić information content (AvgIpc) is 3.16. The number of halogens is 1. The van der Waals surface area contributed by atoms with E-state index in [1.807, 2.05) is 13.8 Å². The van der Waals surface area contributed by atoms with Gasteiger partial charge in [-0.25, -0.2) is 9.37 Å². The van der Waals surface area contributed by atoms with Crippen LogP contribution in [0.25, 0.3) is 0 Å². The zero-order valence-corrected chi connectivity index (χ0v) is 15.4. The summed E-state index contributed by atoms with van der Waals surface area (Å²) in [7, 11) is 0. The summed E-state index contributed by atoms with van der Waals surface area (Å²) in [5.74, 6) is -0.763. The normalized spacial score (nSPS) is 16.2. The summed E-state index contributed by atoms with van der Waals surface area (Å²) in [6.45, 7) is 4.52. The number of carbonyl (C=O) groups excluding carboxylic acids is 2. The van der Waals surface area contributed by atoms with Gasteiger partial charge in [0, 0.05) is 24.8 Å². The minimum absolute atomic E-state index is 0.0292. The zero-order valence-electron chi connectivity index (χ0n) is 15.4. The highest BCUT2D eigenvalue weighted by molar-refractivity contribution is 5.93. The highest BCUT2D eigenvalue weighted by Crippen LogP contribution is 2.29. The molecule has 144 valence electrons. The second-order valence-electron chi connectivity index (χ2n) is 7.01. The number of amides is 2. The number of aromatic nitrogens is 1. The number of benzene rings is 1. The van der Waals surface area contributed by atoms with Gasteiger partial charge in [0.05, 0.1) is 0 Å². The van der Waals surface area contributed by atoms with Crippen molar-refractivity contribution in [3.63, 3.8) is 0 Å². The van der Waals surface area contributed by atoms with Gasteiger partial charge < -0.3 is 20.0 Å². The third-order valence-corrected chi connectivity index (χ3v) is 4.62. The lowest BCUT2D eigenvalue weighted by Gasteiger charge is -2.42. The second-order valence-corrected chi connectivity index (χ2v) is 7.01. The Balaban J connectivity index is 1.78. The molecule has 2 N–H and O–H groups in total. The maximum Gasteiger partial charge on any atom is 0.275 e. The molecule has 2 aromatic rings. The standard InChI is InChI=1S/C19H23FN4O3/c1-13(2)22-18(26)19(23-15-5-3-4-14(20)10-15)6-8-24(9-7-19)17(25)16-11-27-12-21-16/h3-5,10-13,23H,6-9H2,1-2H3,(H,22,26). The number of anilines is 1. The first-order valence-electron chi connectivity index (χ1n) is 8.92. The predicted octanol–water partition coefficient (Wildman–Crippen LogP) is 2.43. The van der Waals surface area contributed by atoms with Crippen LogP contribution in [0.2, 0.25) is 0 Å². The monoisotopic (exact) mass is 374 g/mol. The quantitative estimate of drug-likeness (QED) is 0.839. The molecule has 7 nitrogen and oxygen atoms in total. The third-order valence-electron chi connectivity index (χ3n) is 4.62. The van der Waals surface area contributed by atoms with Gasteiger partial charge in [-0.05, 0) is 44.9 Å². The van der Waals surface area contributed by atoms with Crippen LogP contribution in [0.15, 0.2) is 41.3 Å². The summed E-state index contributed by atoms with van der Waals surface area (Å²) < 4.78 is 18.4. The van der Waals surface area contributed by atoms with Crippen LogP contribution in [-0.4, -0.2) is 46.4 Å². The van der Waals surface area contributed by atoms with E-state index in [0.717, 1.165) is 0 Å². The molecule has 0 unspecified atom stereocenters. The molecular formula is C19H23FN4O3. The van der Waals surface area contributed by atoms with Gasteiger partial charge in [-0.15, -0.1) is 0 Å². The van der Waals surface area contributed by atoms with Crippen molar-refractivity contribution in [1.29, 1.82) is 0 Å². The Morgan fingerprint density at radius 2 is 2.04 bits per heavy atom. The first-order chi connectivity index (χ1) is 12.9. The van der Waals surface area contributed by atoms with Crippen molar-refractivity contribution < 1.29 is 18.4 Å². The highest BCUT2D eigenvalue weighted by atomic mass is 19.1. The molecule has 1 aromatic heterocycles.